The molecule has 0 amide bonds. The third kappa shape index (κ3) is 1.66. The Hall–Kier alpha value is -1.18. The first-order chi connectivity index (χ1) is 7.84. The van der Waals surface area contributed by atoms with Crippen LogP contribution in [0.15, 0.2) is 42.7 Å². The third-order valence-electron chi connectivity index (χ3n) is 2.33. The summed E-state index contributed by atoms with van der Waals surface area (Å²) in [6, 6.07) is 10.2. The van der Waals surface area contributed by atoms with Crippen LogP contribution in [0.25, 0.3) is 20.8 Å². The zero-order valence-corrected chi connectivity index (χ0v) is 11.0. The monoisotopic (exact) mass is 286 g/mol. The van der Waals surface area contributed by atoms with E-state index in [1.807, 2.05) is 24.4 Å². The molecule has 2 heterocycles. The number of benzene rings is 1. The number of hydrogen-bond acceptors (Lipinski definition) is 3. The molecule has 0 bridgehead atoms. The van der Waals surface area contributed by atoms with Crippen molar-refractivity contribution in [1.82, 2.24) is 9.97 Å². The van der Waals surface area contributed by atoms with E-state index in [-0.39, 0.29) is 0 Å². The van der Waals surface area contributed by atoms with Gasteiger partial charge in [0.2, 0.25) is 0 Å². The van der Waals surface area contributed by atoms with E-state index < -0.39 is 0 Å². The average Bonchev–Trinajstić information content (AvgIpc) is 2.73. The van der Waals surface area contributed by atoms with E-state index >= 15 is 0 Å². The summed E-state index contributed by atoms with van der Waals surface area (Å²) < 4.78 is 2.33. The Morgan fingerprint density at radius 2 is 2.00 bits per heavy atom. The second-order valence-electron chi connectivity index (χ2n) is 3.38. The van der Waals surface area contributed by atoms with Crippen LogP contribution in [0, 0.1) is 0 Å². The summed E-state index contributed by atoms with van der Waals surface area (Å²) in [7, 11) is 0. The van der Waals surface area contributed by atoms with Crippen molar-refractivity contribution in [2.24, 2.45) is 0 Å². The van der Waals surface area contributed by atoms with Crippen LogP contribution in [0.3, 0.4) is 0 Å². The zero-order chi connectivity index (χ0) is 11.0. The van der Waals surface area contributed by atoms with Gasteiger partial charge in [0, 0.05) is 0 Å². The molecule has 0 N–H and O–H groups in total. The molecular formula is C12H7AsN2S. The second-order valence-corrected chi connectivity index (χ2v) is 5.42. The number of pyridine rings is 1. The van der Waals surface area contributed by atoms with E-state index in [9.17, 15) is 0 Å². The van der Waals surface area contributed by atoms with Crippen LogP contribution in [-0.2, 0) is 0 Å². The van der Waals surface area contributed by atoms with Crippen LogP contribution in [0.5, 0.6) is 0 Å². The van der Waals surface area contributed by atoms with Gasteiger partial charge in [-0.2, -0.15) is 0 Å². The Bertz CT molecular complexity index is 615. The van der Waals surface area contributed by atoms with E-state index in [0.717, 1.165) is 15.2 Å². The van der Waals surface area contributed by atoms with Crippen molar-refractivity contribution in [3.05, 3.63) is 42.7 Å². The Kier molecular flexibility index (Phi) is 2.50. The van der Waals surface area contributed by atoms with Gasteiger partial charge in [-0.1, -0.05) is 0 Å². The summed E-state index contributed by atoms with van der Waals surface area (Å²) in [5, 5.41) is 1.05. The van der Waals surface area contributed by atoms with Crippen LogP contribution >= 0.6 is 11.3 Å². The van der Waals surface area contributed by atoms with Crippen LogP contribution in [-0.4, -0.2) is 26.8 Å². The molecule has 0 saturated carbocycles. The maximum atomic E-state index is 4.61. The van der Waals surface area contributed by atoms with Crippen LogP contribution in [0.4, 0.5) is 0 Å². The van der Waals surface area contributed by atoms with Crippen LogP contribution in [0.2, 0.25) is 0 Å². The number of hydrogen-bond donors (Lipinski definition) is 0. The molecule has 3 rings (SSSR count). The number of aromatic nitrogens is 2. The number of fused-ring (bicyclic) bond motifs is 1. The first-order valence-electron chi connectivity index (χ1n) is 4.83. The van der Waals surface area contributed by atoms with Gasteiger partial charge in [0.15, 0.2) is 0 Å². The van der Waals surface area contributed by atoms with E-state index in [2.05, 4.69) is 39.0 Å². The molecule has 0 spiro atoms. The van der Waals surface area contributed by atoms with Gasteiger partial charge in [-0.15, -0.1) is 0 Å². The molecule has 0 fully saturated rings. The molecule has 0 aliphatic rings. The first-order valence-corrected chi connectivity index (χ1v) is 6.59. The quantitative estimate of drug-likeness (QED) is 0.641. The van der Waals surface area contributed by atoms with Gasteiger partial charge in [0.25, 0.3) is 0 Å². The summed E-state index contributed by atoms with van der Waals surface area (Å²) in [5.74, 6) is 0. The topological polar surface area (TPSA) is 25.8 Å². The summed E-state index contributed by atoms with van der Waals surface area (Å²) in [6.45, 7) is 0. The maximum absolute atomic E-state index is 4.61. The van der Waals surface area contributed by atoms with Gasteiger partial charge >= 0.3 is 106 Å². The SMILES string of the molecule is [As]c1ccccc1-c1nc2ccncc2s1. The molecule has 2 radical (unpaired) electrons. The molecule has 0 aliphatic heterocycles. The zero-order valence-electron chi connectivity index (χ0n) is 8.29. The number of nitrogens with zero attached hydrogens (tertiary/aromatic N) is 2. The predicted octanol–water partition coefficient (Wildman–Crippen LogP) is 2.15. The molecule has 0 saturated heterocycles. The Labute approximate surface area is 106 Å². The molecule has 3 aromatic rings. The average molecular weight is 286 g/mol. The molecule has 0 unspecified atom stereocenters. The second kappa shape index (κ2) is 4.00. The molecule has 16 heavy (non-hydrogen) atoms. The van der Waals surface area contributed by atoms with Gasteiger partial charge in [-0.25, -0.2) is 0 Å². The van der Waals surface area contributed by atoms with Gasteiger partial charge in [-0.05, 0) is 0 Å². The Morgan fingerprint density at radius 3 is 2.81 bits per heavy atom. The molecule has 76 valence electrons. The van der Waals surface area contributed by atoms with Gasteiger partial charge in [-0.3, -0.25) is 0 Å². The fraction of sp³-hybridized carbons (Fsp3) is 0. The summed E-state index contributed by atoms with van der Waals surface area (Å²) >= 11 is 4.27. The van der Waals surface area contributed by atoms with Gasteiger partial charge in [0.05, 0.1) is 0 Å². The predicted molar refractivity (Wildman–Crippen MR) is 68.2 cm³/mol. The summed E-state index contributed by atoms with van der Waals surface area (Å²) in [4.78, 5) is 8.72. The van der Waals surface area contributed by atoms with Crippen molar-refractivity contribution >= 4 is 42.8 Å². The summed E-state index contributed by atoms with van der Waals surface area (Å²) in [6.07, 6.45) is 3.64. The van der Waals surface area contributed by atoms with Crippen molar-refractivity contribution in [2.45, 2.75) is 0 Å². The molecule has 2 nitrogen and oxygen atoms in total. The first kappa shape index (κ1) is 10.0. The van der Waals surface area contributed by atoms with E-state index in [0.29, 0.717) is 0 Å². The van der Waals surface area contributed by atoms with Crippen LogP contribution in [0.1, 0.15) is 0 Å². The Balaban J connectivity index is 2.23. The van der Waals surface area contributed by atoms with Crippen molar-refractivity contribution in [2.75, 3.05) is 0 Å². The molecular weight excluding hydrogens is 279 g/mol. The van der Waals surface area contributed by atoms with Gasteiger partial charge in [0.1, 0.15) is 0 Å². The van der Waals surface area contributed by atoms with Crippen LogP contribution < -0.4 is 4.35 Å². The molecule has 4 heteroatoms. The van der Waals surface area contributed by atoms with Crippen molar-refractivity contribution in [3.8, 4) is 10.6 Å². The van der Waals surface area contributed by atoms with E-state index in [4.69, 9.17) is 0 Å². The van der Waals surface area contributed by atoms with Crippen molar-refractivity contribution in [1.29, 1.82) is 0 Å². The molecule has 0 atom stereocenters. The molecule has 2 aromatic heterocycles. The van der Waals surface area contributed by atoms with Gasteiger partial charge < -0.3 is 0 Å². The number of thiazole rings is 1. The minimum absolute atomic E-state index is 1.02. The molecule has 1 aromatic carbocycles. The minimum atomic E-state index is 1.02. The Morgan fingerprint density at radius 1 is 1.12 bits per heavy atom. The van der Waals surface area contributed by atoms with E-state index in [1.54, 1.807) is 17.5 Å². The summed E-state index contributed by atoms with van der Waals surface area (Å²) in [5.41, 5.74) is 2.20. The molecule has 0 aliphatic carbocycles. The van der Waals surface area contributed by atoms with E-state index in [1.165, 1.54) is 9.91 Å². The normalized spacial score (nSPS) is 10.8. The van der Waals surface area contributed by atoms with Crippen molar-refractivity contribution in [3.63, 3.8) is 0 Å². The standard InChI is InChI=1S/C12H7AsN2S/c13-9-4-2-1-3-8(9)12-15-10-5-6-14-7-11(10)16-12/h1-7H. The third-order valence-corrected chi connectivity index (χ3v) is 4.18. The van der Waals surface area contributed by atoms with Crippen molar-refractivity contribution < 1.29 is 0 Å². The number of rotatable bonds is 1. The fourth-order valence-electron chi connectivity index (χ4n) is 1.55. The fourth-order valence-corrected chi connectivity index (χ4v) is 3.25.